The summed E-state index contributed by atoms with van der Waals surface area (Å²) in [5.74, 6) is 0.542. The van der Waals surface area contributed by atoms with Gasteiger partial charge in [-0.3, -0.25) is 10.3 Å². The van der Waals surface area contributed by atoms with Crippen LogP contribution < -0.4 is 10.1 Å². The fourth-order valence-electron chi connectivity index (χ4n) is 0.815. The van der Waals surface area contributed by atoms with E-state index in [9.17, 15) is 4.79 Å². The Morgan fingerprint density at radius 2 is 2.31 bits per heavy atom. The molecule has 0 aliphatic rings. The number of hydrogen-bond acceptors (Lipinski definition) is 4. The smallest absolute Gasteiger partial charge is 0.411 e. The number of carbonyl (C=O) groups is 1. The van der Waals surface area contributed by atoms with Crippen molar-refractivity contribution >= 4 is 11.8 Å². The molecule has 1 N–H and O–H groups in total. The number of methoxy groups -OCH3 is 2. The molecule has 1 rings (SSSR count). The van der Waals surface area contributed by atoms with E-state index in [-0.39, 0.29) is 0 Å². The Morgan fingerprint density at radius 3 is 2.92 bits per heavy atom. The quantitative estimate of drug-likeness (QED) is 0.748. The van der Waals surface area contributed by atoms with Crippen LogP contribution in [0.1, 0.15) is 0 Å². The molecule has 5 nitrogen and oxygen atoms in total. The molecule has 0 bridgehead atoms. The zero-order valence-electron chi connectivity index (χ0n) is 7.40. The van der Waals surface area contributed by atoms with E-state index in [2.05, 4.69) is 15.0 Å². The molecule has 0 unspecified atom stereocenters. The van der Waals surface area contributed by atoms with Crippen molar-refractivity contribution in [2.75, 3.05) is 19.5 Å². The maximum atomic E-state index is 10.8. The van der Waals surface area contributed by atoms with Crippen LogP contribution in [0.15, 0.2) is 18.5 Å². The maximum absolute atomic E-state index is 10.8. The zero-order chi connectivity index (χ0) is 9.68. The molecule has 0 spiro atoms. The lowest BCUT2D eigenvalue weighted by Gasteiger charge is -2.07. The van der Waals surface area contributed by atoms with E-state index in [0.29, 0.717) is 11.4 Å². The molecule has 0 fully saturated rings. The molecular weight excluding hydrogens is 172 g/mol. The van der Waals surface area contributed by atoms with E-state index in [0.717, 1.165) is 0 Å². The molecular formula is C8H10N2O3. The summed E-state index contributed by atoms with van der Waals surface area (Å²) in [4.78, 5) is 14.7. The summed E-state index contributed by atoms with van der Waals surface area (Å²) in [5, 5.41) is 2.46. The Kier molecular flexibility index (Phi) is 3.08. The van der Waals surface area contributed by atoms with Crippen LogP contribution >= 0.6 is 0 Å². The third kappa shape index (κ3) is 2.33. The van der Waals surface area contributed by atoms with Gasteiger partial charge in [0, 0.05) is 12.3 Å². The van der Waals surface area contributed by atoms with Crippen LogP contribution in [0, 0.1) is 0 Å². The zero-order valence-corrected chi connectivity index (χ0v) is 7.40. The van der Waals surface area contributed by atoms with Gasteiger partial charge in [-0.05, 0) is 0 Å². The lowest BCUT2D eigenvalue weighted by Crippen LogP contribution is -2.11. The third-order valence-corrected chi connectivity index (χ3v) is 1.42. The molecule has 0 aliphatic heterocycles. The van der Waals surface area contributed by atoms with Crippen LogP contribution in [0.2, 0.25) is 0 Å². The molecule has 70 valence electrons. The van der Waals surface area contributed by atoms with E-state index in [1.54, 1.807) is 12.3 Å². The van der Waals surface area contributed by atoms with Gasteiger partial charge < -0.3 is 9.47 Å². The number of hydrogen-bond donors (Lipinski definition) is 1. The Labute approximate surface area is 75.7 Å². The average Bonchev–Trinajstić information content (AvgIpc) is 2.18. The molecule has 1 aromatic rings. The largest absolute Gasteiger partial charge is 0.494 e. The molecule has 0 aliphatic carbocycles. The van der Waals surface area contributed by atoms with Crippen molar-refractivity contribution in [3.63, 3.8) is 0 Å². The highest BCUT2D eigenvalue weighted by Crippen LogP contribution is 2.21. The Balaban J connectivity index is 2.81. The van der Waals surface area contributed by atoms with Gasteiger partial charge in [-0.15, -0.1) is 0 Å². The van der Waals surface area contributed by atoms with Crippen molar-refractivity contribution in [1.82, 2.24) is 4.98 Å². The van der Waals surface area contributed by atoms with Crippen LogP contribution in [0.4, 0.5) is 10.5 Å². The van der Waals surface area contributed by atoms with E-state index in [1.165, 1.54) is 20.4 Å². The van der Waals surface area contributed by atoms with Gasteiger partial charge in [-0.25, -0.2) is 4.79 Å². The van der Waals surface area contributed by atoms with E-state index >= 15 is 0 Å². The molecule has 1 aromatic heterocycles. The summed E-state index contributed by atoms with van der Waals surface area (Å²) < 4.78 is 9.40. The minimum absolute atomic E-state index is 0.483. The van der Waals surface area contributed by atoms with Gasteiger partial charge in [0.25, 0.3) is 0 Å². The van der Waals surface area contributed by atoms with Gasteiger partial charge in [0.1, 0.15) is 11.4 Å². The number of carbonyl (C=O) groups excluding carboxylic acids is 1. The van der Waals surface area contributed by atoms with E-state index in [1.807, 2.05) is 0 Å². The van der Waals surface area contributed by atoms with Crippen molar-refractivity contribution in [3.05, 3.63) is 18.5 Å². The van der Waals surface area contributed by atoms with Gasteiger partial charge in [-0.1, -0.05) is 0 Å². The maximum Gasteiger partial charge on any atom is 0.411 e. The first kappa shape index (κ1) is 9.31. The number of ether oxygens (including phenoxy) is 2. The fraction of sp³-hybridized carbons (Fsp3) is 0.250. The lowest BCUT2D eigenvalue weighted by atomic mass is 10.4. The van der Waals surface area contributed by atoms with Crippen molar-refractivity contribution in [1.29, 1.82) is 0 Å². The molecule has 5 heteroatoms. The minimum atomic E-state index is -0.550. The molecule has 1 heterocycles. The standard InChI is InChI=1S/C8H10N2O3/c1-12-7-3-4-9-5-6(7)10-8(11)13-2/h3-5H,1-2H3,(H,10,11). The van der Waals surface area contributed by atoms with Gasteiger partial charge >= 0.3 is 6.09 Å². The van der Waals surface area contributed by atoms with E-state index in [4.69, 9.17) is 4.74 Å². The molecule has 0 saturated heterocycles. The number of pyridine rings is 1. The summed E-state index contributed by atoms with van der Waals surface area (Å²) in [5.41, 5.74) is 0.483. The van der Waals surface area contributed by atoms with Gasteiger partial charge in [0.2, 0.25) is 0 Å². The van der Waals surface area contributed by atoms with Gasteiger partial charge in [-0.2, -0.15) is 0 Å². The molecule has 1 amide bonds. The SMILES string of the molecule is COC(=O)Nc1cnccc1OC. The predicted octanol–water partition coefficient (Wildman–Crippen LogP) is 1.27. The molecule has 13 heavy (non-hydrogen) atoms. The third-order valence-electron chi connectivity index (χ3n) is 1.42. The second kappa shape index (κ2) is 4.30. The van der Waals surface area contributed by atoms with Crippen LogP contribution in [0.3, 0.4) is 0 Å². The number of nitrogens with zero attached hydrogens (tertiary/aromatic N) is 1. The second-order valence-electron chi connectivity index (χ2n) is 2.19. The first-order valence-electron chi connectivity index (χ1n) is 3.61. The van der Waals surface area contributed by atoms with Crippen molar-refractivity contribution in [3.8, 4) is 5.75 Å². The summed E-state index contributed by atoms with van der Waals surface area (Å²) in [7, 11) is 2.80. The molecule has 0 radical (unpaired) electrons. The Bertz CT molecular complexity index is 301. The number of anilines is 1. The number of rotatable bonds is 2. The number of amides is 1. The normalized spacial score (nSPS) is 9.08. The Morgan fingerprint density at radius 1 is 1.54 bits per heavy atom. The Hall–Kier alpha value is -1.78. The van der Waals surface area contributed by atoms with E-state index < -0.39 is 6.09 Å². The first-order valence-corrected chi connectivity index (χ1v) is 3.61. The van der Waals surface area contributed by atoms with Crippen molar-refractivity contribution in [2.24, 2.45) is 0 Å². The summed E-state index contributed by atoms with van der Waals surface area (Å²) in [6, 6.07) is 1.64. The van der Waals surface area contributed by atoms with Crippen molar-refractivity contribution in [2.45, 2.75) is 0 Å². The predicted molar refractivity (Wildman–Crippen MR) is 46.8 cm³/mol. The molecule has 0 atom stereocenters. The van der Waals surface area contributed by atoms with Gasteiger partial charge in [0.05, 0.1) is 20.4 Å². The monoisotopic (exact) mass is 182 g/mol. The molecule has 0 saturated carbocycles. The van der Waals surface area contributed by atoms with Crippen LogP contribution in [0.25, 0.3) is 0 Å². The van der Waals surface area contributed by atoms with Crippen molar-refractivity contribution < 1.29 is 14.3 Å². The summed E-state index contributed by atoms with van der Waals surface area (Å²) in [6.45, 7) is 0. The van der Waals surface area contributed by atoms with Crippen LogP contribution in [-0.2, 0) is 4.74 Å². The second-order valence-corrected chi connectivity index (χ2v) is 2.19. The van der Waals surface area contributed by atoms with Crippen LogP contribution in [0.5, 0.6) is 5.75 Å². The average molecular weight is 182 g/mol. The number of nitrogens with one attached hydrogen (secondary N) is 1. The summed E-state index contributed by atoms with van der Waals surface area (Å²) >= 11 is 0. The summed E-state index contributed by atoms with van der Waals surface area (Å²) in [6.07, 6.45) is 2.50. The van der Waals surface area contributed by atoms with Crippen LogP contribution in [-0.4, -0.2) is 25.3 Å². The molecule has 0 aromatic carbocycles. The first-order chi connectivity index (χ1) is 6.27. The van der Waals surface area contributed by atoms with Gasteiger partial charge in [0.15, 0.2) is 0 Å². The lowest BCUT2D eigenvalue weighted by molar-refractivity contribution is 0.187. The minimum Gasteiger partial charge on any atom is -0.494 e. The highest BCUT2D eigenvalue weighted by molar-refractivity contribution is 5.86. The topological polar surface area (TPSA) is 60.5 Å². The highest BCUT2D eigenvalue weighted by Gasteiger charge is 2.05. The number of aromatic nitrogens is 1. The highest BCUT2D eigenvalue weighted by atomic mass is 16.5. The fourth-order valence-corrected chi connectivity index (χ4v) is 0.815.